The van der Waals surface area contributed by atoms with Crippen LogP contribution >= 0.6 is 23.4 Å². The van der Waals surface area contributed by atoms with Gasteiger partial charge in [-0.25, -0.2) is 0 Å². The van der Waals surface area contributed by atoms with E-state index in [1.807, 2.05) is 11.8 Å². The van der Waals surface area contributed by atoms with Gasteiger partial charge in [-0.1, -0.05) is 11.6 Å². The zero-order valence-electron chi connectivity index (χ0n) is 7.91. The van der Waals surface area contributed by atoms with Gasteiger partial charge in [-0.3, -0.25) is 0 Å². The lowest BCUT2D eigenvalue weighted by Crippen LogP contribution is -2.03. The van der Waals surface area contributed by atoms with E-state index in [1.54, 1.807) is 0 Å². The average molecular weight is 233 g/mol. The first-order chi connectivity index (χ1) is 6.90. The fraction of sp³-hybridized carbons (Fsp3) is 0.778. The van der Waals surface area contributed by atoms with Crippen LogP contribution in [0.5, 0.6) is 0 Å². The Labute approximate surface area is 92.6 Å². The molecular formula is C9H13ClN2OS. The van der Waals surface area contributed by atoms with E-state index in [9.17, 15) is 0 Å². The summed E-state index contributed by atoms with van der Waals surface area (Å²) < 4.78 is 5.10. The third kappa shape index (κ3) is 2.42. The minimum absolute atomic E-state index is 0.441. The van der Waals surface area contributed by atoms with Crippen LogP contribution in [0.1, 0.15) is 36.2 Å². The third-order valence-electron chi connectivity index (χ3n) is 2.26. The molecule has 1 aliphatic heterocycles. The molecule has 0 N–H and O–H groups in total. The average Bonchev–Trinajstić information content (AvgIpc) is 2.68. The van der Waals surface area contributed by atoms with E-state index in [4.69, 9.17) is 16.1 Å². The Balaban J connectivity index is 2.00. The predicted molar refractivity (Wildman–Crippen MR) is 57.8 cm³/mol. The minimum Gasteiger partial charge on any atom is -0.339 e. The van der Waals surface area contributed by atoms with Crippen LogP contribution in [0.25, 0.3) is 0 Å². The van der Waals surface area contributed by atoms with E-state index in [2.05, 4.69) is 10.1 Å². The van der Waals surface area contributed by atoms with Crippen molar-refractivity contribution >= 4 is 23.4 Å². The molecule has 5 heteroatoms. The number of rotatable bonds is 3. The van der Waals surface area contributed by atoms with E-state index in [0.717, 1.165) is 5.82 Å². The van der Waals surface area contributed by atoms with E-state index >= 15 is 0 Å². The summed E-state index contributed by atoms with van der Waals surface area (Å²) in [5, 5.41) is 4.43. The number of halogens is 1. The van der Waals surface area contributed by atoms with E-state index in [1.165, 1.54) is 25.0 Å². The maximum Gasteiger partial charge on any atom is 0.227 e. The Morgan fingerprint density at radius 3 is 3.14 bits per heavy atom. The molecule has 2 heterocycles. The summed E-state index contributed by atoms with van der Waals surface area (Å²) in [5.41, 5.74) is 0. The molecule has 0 bridgehead atoms. The van der Waals surface area contributed by atoms with Crippen LogP contribution in [-0.2, 0) is 6.42 Å². The molecule has 3 nitrogen and oxygen atoms in total. The highest BCUT2D eigenvalue weighted by atomic mass is 35.5. The van der Waals surface area contributed by atoms with Gasteiger partial charge in [0.15, 0.2) is 5.82 Å². The van der Waals surface area contributed by atoms with Gasteiger partial charge in [0, 0.05) is 12.3 Å². The first kappa shape index (κ1) is 10.3. The lowest BCUT2D eigenvalue weighted by atomic mass is 10.2. The van der Waals surface area contributed by atoms with Crippen LogP contribution in [0.4, 0.5) is 0 Å². The monoisotopic (exact) mass is 232 g/mol. The number of nitrogens with zero attached hydrogens (tertiary/aromatic N) is 2. The third-order valence-corrected chi connectivity index (χ3v) is 3.82. The van der Waals surface area contributed by atoms with Crippen molar-refractivity contribution in [2.24, 2.45) is 0 Å². The molecule has 1 unspecified atom stereocenters. The molecule has 1 aliphatic rings. The van der Waals surface area contributed by atoms with Crippen molar-refractivity contribution in [3.05, 3.63) is 11.7 Å². The van der Waals surface area contributed by atoms with Gasteiger partial charge in [0.2, 0.25) is 5.89 Å². The Hall–Kier alpha value is -0.220. The van der Waals surface area contributed by atoms with E-state index in [0.29, 0.717) is 23.4 Å². The van der Waals surface area contributed by atoms with Crippen molar-refractivity contribution in [2.45, 2.75) is 30.9 Å². The molecule has 0 radical (unpaired) electrons. The minimum atomic E-state index is 0.441. The fourth-order valence-electron chi connectivity index (χ4n) is 1.53. The maximum atomic E-state index is 5.60. The highest BCUT2D eigenvalue weighted by Crippen LogP contribution is 2.36. The molecule has 1 aromatic heterocycles. The Morgan fingerprint density at radius 2 is 2.43 bits per heavy atom. The standard InChI is InChI=1S/C9H13ClN2OS/c10-5-4-8-11-9(12-13-8)7-3-1-2-6-14-7/h7H,1-6H2. The summed E-state index contributed by atoms with van der Waals surface area (Å²) in [4.78, 5) is 4.34. The van der Waals surface area contributed by atoms with Crippen LogP contribution in [0.3, 0.4) is 0 Å². The molecular weight excluding hydrogens is 220 g/mol. The van der Waals surface area contributed by atoms with Gasteiger partial charge in [-0.05, 0) is 18.6 Å². The topological polar surface area (TPSA) is 38.9 Å². The number of hydrogen-bond acceptors (Lipinski definition) is 4. The van der Waals surface area contributed by atoms with Crippen molar-refractivity contribution in [1.29, 1.82) is 0 Å². The summed E-state index contributed by atoms with van der Waals surface area (Å²) in [5.74, 6) is 3.28. The largest absolute Gasteiger partial charge is 0.339 e. The van der Waals surface area contributed by atoms with Gasteiger partial charge >= 0.3 is 0 Å². The second kappa shape index (κ2) is 5.03. The van der Waals surface area contributed by atoms with Crippen molar-refractivity contribution in [3.63, 3.8) is 0 Å². The molecule has 1 atom stereocenters. The normalized spacial score (nSPS) is 22.5. The van der Waals surface area contributed by atoms with Crippen LogP contribution in [0.15, 0.2) is 4.52 Å². The first-order valence-electron chi connectivity index (χ1n) is 4.90. The lowest BCUT2D eigenvalue weighted by Gasteiger charge is -2.17. The lowest BCUT2D eigenvalue weighted by molar-refractivity contribution is 0.376. The second-order valence-electron chi connectivity index (χ2n) is 3.34. The van der Waals surface area contributed by atoms with Crippen molar-refractivity contribution in [1.82, 2.24) is 10.1 Å². The molecule has 0 saturated carbocycles. The first-order valence-corrected chi connectivity index (χ1v) is 6.48. The van der Waals surface area contributed by atoms with E-state index < -0.39 is 0 Å². The van der Waals surface area contributed by atoms with Gasteiger partial charge in [0.05, 0.1) is 5.25 Å². The summed E-state index contributed by atoms with van der Waals surface area (Å²) >= 11 is 7.53. The number of hydrogen-bond donors (Lipinski definition) is 0. The summed E-state index contributed by atoms with van der Waals surface area (Å²) in [7, 11) is 0. The Morgan fingerprint density at radius 1 is 1.50 bits per heavy atom. The highest BCUT2D eigenvalue weighted by Gasteiger charge is 2.21. The molecule has 1 aromatic rings. The van der Waals surface area contributed by atoms with Crippen LogP contribution in [0, 0.1) is 0 Å². The summed E-state index contributed by atoms with van der Waals surface area (Å²) in [6.07, 6.45) is 4.43. The predicted octanol–water partition coefficient (Wildman–Crippen LogP) is 2.81. The number of alkyl halides is 1. The molecule has 14 heavy (non-hydrogen) atoms. The number of aromatic nitrogens is 2. The van der Waals surface area contributed by atoms with Crippen LogP contribution in [-0.4, -0.2) is 21.8 Å². The van der Waals surface area contributed by atoms with Gasteiger partial charge in [0.25, 0.3) is 0 Å². The molecule has 2 rings (SSSR count). The summed E-state index contributed by atoms with van der Waals surface area (Å²) in [6.45, 7) is 0. The van der Waals surface area contributed by atoms with Crippen molar-refractivity contribution < 1.29 is 4.52 Å². The Kier molecular flexibility index (Phi) is 3.70. The molecule has 0 amide bonds. The van der Waals surface area contributed by atoms with Gasteiger partial charge in [-0.15, -0.1) is 11.6 Å². The highest BCUT2D eigenvalue weighted by molar-refractivity contribution is 7.99. The maximum absolute atomic E-state index is 5.60. The van der Waals surface area contributed by atoms with Crippen LogP contribution in [0.2, 0.25) is 0 Å². The quantitative estimate of drug-likeness (QED) is 0.752. The number of aryl methyl sites for hydroxylation is 1. The second-order valence-corrected chi connectivity index (χ2v) is 5.03. The smallest absolute Gasteiger partial charge is 0.227 e. The molecule has 0 spiro atoms. The SMILES string of the molecule is ClCCc1nc(C2CCCCS2)no1. The fourth-order valence-corrected chi connectivity index (χ4v) is 2.92. The van der Waals surface area contributed by atoms with Crippen molar-refractivity contribution in [2.75, 3.05) is 11.6 Å². The van der Waals surface area contributed by atoms with Crippen molar-refractivity contribution in [3.8, 4) is 0 Å². The molecule has 78 valence electrons. The summed E-state index contributed by atoms with van der Waals surface area (Å²) in [6, 6.07) is 0. The number of thioether (sulfide) groups is 1. The van der Waals surface area contributed by atoms with Gasteiger partial charge in [0.1, 0.15) is 0 Å². The van der Waals surface area contributed by atoms with Gasteiger partial charge < -0.3 is 4.52 Å². The van der Waals surface area contributed by atoms with Crippen LogP contribution < -0.4 is 0 Å². The molecule has 0 aliphatic carbocycles. The zero-order chi connectivity index (χ0) is 9.80. The zero-order valence-corrected chi connectivity index (χ0v) is 9.48. The van der Waals surface area contributed by atoms with Gasteiger partial charge in [-0.2, -0.15) is 16.7 Å². The molecule has 1 fully saturated rings. The Bertz CT molecular complexity index is 286. The van der Waals surface area contributed by atoms with E-state index in [-0.39, 0.29) is 0 Å². The molecule has 0 aromatic carbocycles. The molecule has 1 saturated heterocycles.